The van der Waals surface area contributed by atoms with Gasteiger partial charge in [0.2, 0.25) is 21.8 Å². The van der Waals surface area contributed by atoms with Gasteiger partial charge >= 0.3 is 0 Å². The Morgan fingerprint density at radius 3 is 2.47 bits per heavy atom. The molecule has 3 N–H and O–H groups in total. The van der Waals surface area contributed by atoms with Gasteiger partial charge < -0.3 is 24.3 Å². The van der Waals surface area contributed by atoms with Crippen molar-refractivity contribution in [1.29, 1.82) is 0 Å². The summed E-state index contributed by atoms with van der Waals surface area (Å²) in [5.74, 6) is 2.10. The van der Waals surface area contributed by atoms with E-state index in [-0.39, 0.29) is 24.7 Å². The number of aryl methyl sites for hydroxylation is 1. The molecule has 1 saturated heterocycles. The Morgan fingerprint density at radius 1 is 1.16 bits per heavy atom. The minimum absolute atomic E-state index is 0.0584. The number of nitrogens with one attached hydrogen (secondary N) is 2. The monoisotopic (exact) mass is 463 g/mol. The first kappa shape index (κ1) is 22.1. The zero-order valence-electron chi connectivity index (χ0n) is 17.9. The molecule has 0 saturated carbocycles. The number of aliphatic hydroxyl groups is 1. The fourth-order valence-electron chi connectivity index (χ4n) is 3.66. The SMILES string of the molecule is COc1cccc(OC)c1-n1c(NS(=O)(=O)C2CNCC(O)C2)nnc1-c1ccc(C)o1. The lowest BCUT2D eigenvalue weighted by Gasteiger charge is -2.27. The minimum atomic E-state index is -3.91. The quantitative estimate of drug-likeness (QED) is 0.473. The molecule has 172 valence electrons. The van der Waals surface area contributed by atoms with Crippen molar-refractivity contribution in [3.05, 3.63) is 36.1 Å². The Kier molecular flexibility index (Phi) is 6.09. The van der Waals surface area contributed by atoms with Crippen LogP contribution in [0.2, 0.25) is 0 Å². The number of furan rings is 1. The molecule has 2 atom stereocenters. The third kappa shape index (κ3) is 4.16. The summed E-state index contributed by atoms with van der Waals surface area (Å²) >= 11 is 0. The lowest BCUT2D eigenvalue weighted by atomic mass is 10.1. The van der Waals surface area contributed by atoms with Gasteiger partial charge in [0.05, 0.1) is 25.6 Å². The molecule has 1 fully saturated rings. The molecule has 3 aromatic rings. The molecule has 1 aromatic carbocycles. The van der Waals surface area contributed by atoms with E-state index in [0.29, 0.717) is 35.3 Å². The lowest BCUT2D eigenvalue weighted by molar-refractivity contribution is 0.143. The number of ether oxygens (including phenoxy) is 2. The standard InChI is InChI=1S/C20H25N5O6S/c1-12-7-8-17(31-12)19-22-23-20(24-32(27,28)14-9-13(26)10-21-11-14)25(19)18-15(29-2)5-4-6-16(18)30-3/h4-8,13-14,21,26H,9-11H2,1-3H3,(H,23,24). The van der Waals surface area contributed by atoms with E-state index in [2.05, 4.69) is 20.2 Å². The van der Waals surface area contributed by atoms with Gasteiger partial charge in [-0.05, 0) is 37.6 Å². The molecule has 0 amide bonds. The van der Waals surface area contributed by atoms with E-state index in [1.54, 1.807) is 37.3 Å². The van der Waals surface area contributed by atoms with Crippen molar-refractivity contribution in [3.8, 4) is 28.8 Å². The number of methoxy groups -OCH3 is 2. The predicted octanol–water partition coefficient (Wildman–Crippen LogP) is 1.32. The molecule has 3 heterocycles. The highest BCUT2D eigenvalue weighted by atomic mass is 32.2. The van der Waals surface area contributed by atoms with Gasteiger partial charge in [0.15, 0.2) is 5.76 Å². The third-order valence-corrected chi connectivity index (χ3v) is 6.91. The van der Waals surface area contributed by atoms with E-state index in [0.717, 1.165) is 0 Å². The number of hydrogen-bond acceptors (Lipinski definition) is 9. The Morgan fingerprint density at radius 2 is 1.88 bits per heavy atom. The lowest BCUT2D eigenvalue weighted by Crippen LogP contribution is -2.47. The summed E-state index contributed by atoms with van der Waals surface area (Å²) in [5, 5.41) is 20.3. The van der Waals surface area contributed by atoms with Crippen LogP contribution >= 0.6 is 0 Å². The van der Waals surface area contributed by atoms with Crippen LogP contribution in [0.5, 0.6) is 11.5 Å². The predicted molar refractivity (Wildman–Crippen MR) is 117 cm³/mol. The summed E-state index contributed by atoms with van der Waals surface area (Å²) in [6.45, 7) is 2.35. The van der Waals surface area contributed by atoms with E-state index in [4.69, 9.17) is 13.9 Å². The van der Waals surface area contributed by atoms with Gasteiger partial charge in [0.1, 0.15) is 22.9 Å². The maximum absolute atomic E-state index is 13.1. The highest BCUT2D eigenvalue weighted by Gasteiger charge is 2.33. The van der Waals surface area contributed by atoms with E-state index >= 15 is 0 Å². The minimum Gasteiger partial charge on any atom is -0.494 e. The van der Waals surface area contributed by atoms with Gasteiger partial charge in [0, 0.05) is 13.1 Å². The number of aromatic nitrogens is 3. The number of anilines is 1. The Balaban J connectivity index is 1.86. The summed E-state index contributed by atoms with van der Waals surface area (Å²) in [6, 6.07) is 8.68. The smallest absolute Gasteiger partial charge is 0.243 e. The first-order valence-electron chi connectivity index (χ1n) is 9.98. The number of rotatable bonds is 7. The second-order valence-corrected chi connectivity index (χ2v) is 9.38. The number of sulfonamides is 1. The number of piperidine rings is 1. The summed E-state index contributed by atoms with van der Waals surface area (Å²) in [6.07, 6.45) is -0.641. The summed E-state index contributed by atoms with van der Waals surface area (Å²) in [4.78, 5) is 0. The van der Waals surface area contributed by atoms with Crippen molar-refractivity contribution in [1.82, 2.24) is 20.1 Å². The van der Waals surface area contributed by atoms with Gasteiger partial charge in [0.25, 0.3) is 0 Å². The van der Waals surface area contributed by atoms with Crippen LogP contribution in [0.25, 0.3) is 17.3 Å². The van der Waals surface area contributed by atoms with Gasteiger partial charge in [-0.25, -0.2) is 8.42 Å². The Labute approximate surface area is 185 Å². The fourth-order valence-corrected chi connectivity index (χ4v) is 5.02. The number of aliphatic hydroxyl groups excluding tert-OH is 1. The fraction of sp³-hybridized carbons (Fsp3) is 0.400. The number of para-hydroxylation sites is 1. The third-order valence-electron chi connectivity index (χ3n) is 5.21. The highest BCUT2D eigenvalue weighted by molar-refractivity contribution is 7.93. The zero-order chi connectivity index (χ0) is 22.9. The van der Waals surface area contributed by atoms with E-state index in [1.165, 1.54) is 18.8 Å². The first-order valence-corrected chi connectivity index (χ1v) is 11.5. The van der Waals surface area contributed by atoms with Crippen LogP contribution < -0.4 is 19.5 Å². The summed E-state index contributed by atoms with van der Waals surface area (Å²) in [7, 11) is -0.914. The number of nitrogens with zero attached hydrogens (tertiary/aromatic N) is 3. The molecule has 0 bridgehead atoms. The molecule has 0 spiro atoms. The maximum Gasteiger partial charge on any atom is 0.243 e. The van der Waals surface area contributed by atoms with Crippen LogP contribution in [0.3, 0.4) is 0 Å². The molecule has 1 aliphatic heterocycles. The molecule has 2 unspecified atom stereocenters. The second-order valence-electron chi connectivity index (χ2n) is 7.42. The second kappa shape index (κ2) is 8.81. The molecule has 12 heteroatoms. The molecule has 0 aliphatic carbocycles. The van der Waals surface area contributed by atoms with E-state index < -0.39 is 21.4 Å². The van der Waals surface area contributed by atoms with Crippen molar-refractivity contribution in [2.24, 2.45) is 0 Å². The molecule has 1 aliphatic rings. The van der Waals surface area contributed by atoms with Crippen LogP contribution in [0.1, 0.15) is 12.2 Å². The van der Waals surface area contributed by atoms with Crippen LogP contribution in [0.15, 0.2) is 34.7 Å². The van der Waals surface area contributed by atoms with Crippen molar-refractivity contribution >= 4 is 16.0 Å². The number of hydrogen-bond donors (Lipinski definition) is 3. The van der Waals surface area contributed by atoms with E-state index in [1.807, 2.05) is 0 Å². The molecular formula is C20H25N5O6S. The number of β-amino-alcohol motifs (C(OH)–C–C–N with tert-alkyl or cyclic N) is 1. The van der Waals surface area contributed by atoms with Gasteiger partial charge in [-0.3, -0.25) is 9.29 Å². The van der Waals surface area contributed by atoms with Crippen molar-refractivity contribution in [3.63, 3.8) is 0 Å². The average molecular weight is 464 g/mol. The highest BCUT2D eigenvalue weighted by Crippen LogP contribution is 2.38. The zero-order valence-corrected chi connectivity index (χ0v) is 18.7. The molecule has 2 aromatic heterocycles. The topological polar surface area (TPSA) is 141 Å². The van der Waals surface area contributed by atoms with Crippen LogP contribution in [-0.4, -0.2) is 67.0 Å². The van der Waals surface area contributed by atoms with E-state index in [9.17, 15) is 13.5 Å². The number of benzene rings is 1. The Bertz CT molecular complexity index is 1180. The van der Waals surface area contributed by atoms with Gasteiger partial charge in [-0.2, -0.15) is 0 Å². The average Bonchev–Trinajstić information content (AvgIpc) is 3.38. The van der Waals surface area contributed by atoms with Crippen molar-refractivity contribution in [2.75, 3.05) is 32.0 Å². The van der Waals surface area contributed by atoms with Crippen LogP contribution in [0.4, 0.5) is 5.95 Å². The van der Waals surface area contributed by atoms with Crippen LogP contribution in [-0.2, 0) is 10.0 Å². The molecule has 11 nitrogen and oxygen atoms in total. The largest absolute Gasteiger partial charge is 0.494 e. The van der Waals surface area contributed by atoms with Crippen molar-refractivity contribution in [2.45, 2.75) is 24.7 Å². The van der Waals surface area contributed by atoms with Crippen LogP contribution in [0, 0.1) is 6.92 Å². The summed E-state index contributed by atoms with van der Waals surface area (Å²) in [5.41, 5.74) is 0.408. The molecular weight excluding hydrogens is 438 g/mol. The first-order chi connectivity index (χ1) is 15.3. The van der Waals surface area contributed by atoms with Gasteiger partial charge in [-0.15, -0.1) is 10.2 Å². The Hall–Kier alpha value is -3.09. The molecule has 32 heavy (non-hydrogen) atoms. The summed E-state index contributed by atoms with van der Waals surface area (Å²) < 4.78 is 47.0. The van der Waals surface area contributed by atoms with Crippen molar-refractivity contribution < 1.29 is 27.4 Å². The maximum atomic E-state index is 13.1. The normalized spacial score (nSPS) is 19.0. The molecule has 4 rings (SSSR count). The molecule has 0 radical (unpaired) electrons. The van der Waals surface area contributed by atoms with Gasteiger partial charge in [-0.1, -0.05) is 6.07 Å².